The van der Waals surface area contributed by atoms with Crippen LogP contribution in [0.25, 0.3) is 0 Å². The summed E-state index contributed by atoms with van der Waals surface area (Å²) >= 11 is 0.487. The highest BCUT2D eigenvalue weighted by molar-refractivity contribution is 7.99. The van der Waals surface area contributed by atoms with Crippen LogP contribution in [-0.4, -0.2) is 38.5 Å². The lowest BCUT2D eigenvalue weighted by Crippen LogP contribution is -2.47. The second kappa shape index (κ2) is 9.42. The standard InChI is InChI=1S/C15H20F2N2O2S.ClH/c1-21-10-15(6-8-18-9-7-15)13(20)19-11-2-4-12(5-3-11)22-14(16)17;/h2-5,14,18H,6-10H2,1H3,(H,19,20);1H. The van der Waals surface area contributed by atoms with Gasteiger partial charge in [0.2, 0.25) is 5.91 Å². The van der Waals surface area contributed by atoms with Gasteiger partial charge < -0.3 is 15.4 Å². The zero-order chi connectivity index (χ0) is 16.0. The summed E-state index contributed by atoms with van der Waals surface area (Å²) in [5, 5.41) is 6.11. The Balaban J connectivity index is 0.00000264. The molecule has 0 spiro atoms. The molecule has 1 aliphatic rings. The minimum Gasteiger partial charge on any atom is -0.384 e. The molecule has 0 aromatic heterocycles. The van der Waals surface area contributed by atoms with Gasteiger partial charge in [0.1, 0.15) is 0 Å². The van der Waals surface area contributed by atoms with E-state index in [2.05, 4.69) is 10.6 Å². The van der Waals surface area contributed by atoms with Gasteiger partial charge in [-0.15, -0.1) is 12.4 Å². The second-order valence-corrected chi connectivity index (χ2v) is 6.38. The molecule has 0 atom stereocenters. The van der Waals surface area contributed by atoms with Crippen molar-refractivity contribution in [3.63, 3.8) is 0 Å². The van der Waals surface area contributed by atoms with Gasteiger partial charge in [0.15, 0.2) is 0 Å². The number of methoxy groups -OCH3 is 1. The van der Waals surface area contributed by atoms with E-state index in [0.717, 1.165) is 13.1 Å². The Kier molecular flexibility index (Phi) is 8.25. The highest BCUT2D eigenvalue weighted by atomic mass is 35.5. The third kappa shape index (κ3) is 5.60. The van der Waals surface area contributed by atoms with Crippen LogP contribution < -0.4 is 10.6 Å². The number of rotatable bonds is 6. The van der Waals surface area contributed by atoms with E-state index in [-0.39, 0.29) is 18.3 Å². The summed E-state index contributed by atoms with van der Waals surface area (Å²) in [4.78, 5) is 13.1. The monoisotopic (exact) mass is 366 g/mol. The molecule has 1 aliphatic heterocycles. The van der Waals surface area contributed by atoms with Crippen LogP contribution in [0, 0.1) is 5.41 Å². The van der Waals surface area contributed by atoms with Crippen LogP contribution >= 0.6 is 24.2 Å². The van der Waals surface area contributed by atoms with Crippen LogP contribution in [0.4, 0.5) is 14.5 Å². The number of amides is 1. The number of nitrogens with one attached hydrogen (secondary N) is 2. The smallest absolute Gasteiger partial charge is 0.288 e. The maximum absolute atomic E-state index is 12.6. The van der Waals surface area contributed by atoms with E-state index >= 15 is 0 Å². The number of carbonyl (C=O) groups excluding carboxylic acids is 1. The van der Waals surface area contributed by atoms with E-state index in [9.17, 15) is 13.6 Å². The van der Waals surface area contributed by atoms with Gasteiger partial charge in [-0.1, -0.05) is 11.8 Å². The van der Waals surface area contributed by atoms with Crippen LogP contribution in [0.2, 0.25) is 0 Å². The fraction of sp³-hybridized carbons (Fsp3) is 0.533. The quantitative estimate of drug-likeness (QED) is 0.758. The first-order valence-corrected chi connectivity index (χ1v) is 8.00. The van der Waals surface area contributed by atoms with Crippen LogP contribution in [0.3, 0.4) is 0 Å². The Hall–Kier alpha value is -0.890. The fourth-order valence-corrected chi connectivity index (χ4v) is 3.10. The number of benzene rings is 1. The molecule has 130 valence electrons. The van der Waals surface area contributed by atoms with Gasteiger partial charge in [-0.25, -0.2) is 0 Å². The summed E-state index contributed by atoms with van der Waals surface area (Å²) in [7, 11) is 1.59. The Morgan fingerprint density at radius 3 is 2.48 bits per heavy atom. The minimum atomic E-state index is -2.44. The average Bonchev–Trinajstić information content (AvgIpc) is 2.50. The first-order valence-electron chi connectivity index (χ1n) is 7.12. The van der Waals surface area contributed by atoms with Gasteiger partial charge in [0.25, 0.3) is 5.76 Å². The molecule has 2 N–H and O–H groups in total. The SMILES string of the molecule is COCC1(C(=O)Nc2ccc(SC(F)F)cc2)CCNCC1.Cl. The van der Waals surface area contributed by atoms with E-state index in [0.29, 0.717) is 41.8 Å². The first kappa shape index (κ1) is 20.2. The van der Waals surface area contributed by atoms with E-state index < -0.39 is 11.2 Å². The van der Waals surface area contributed by atoms with Crippen molar-refractivity contribution < 1.29 is 18.3 Å². The van der Waals surface area contributed by atoms with Crippen molar-refractivity contribution in [2.75, 3.05) is 32.1 Å². The molecule has 23 heavy (non-hydrogen) atoms. The number of ether oxygens (including phenoxy) is 1. The molecule has 1 fully saturated rings. The molecular formula is C15H21ClF2N2O2S. The lowest BCUT2D eigenvalue weighted by Gasteiger charge is -2.35. The number of thioether (sulfide) groups is 1. The molecule has 0 bridgehead atoms. The second-order valence-electron chi connectivity index (χ2n) is 5.32. The number of hydrogen-bond acceptors (Lipinski definition) is 4. The molecule has 1 heterocycles. The summed E-state index contributed by atoms with van der Waals surface area (Å²) in [6.45, 7) is 1.93. The third-order valence-electron chi connectivity index (χ3n) is 3.80. The predicted octanol–water partition coefficient (Wildman–Crippen LogP) is 3.38. The fourth-order valence-electron chi connectivity index (χ4n) is 2.60. The van der Waals surface area contributed by atoms with Gasteiger partial charge >= 0.3 is 0 Å². The van der Waals surface area contributed by atoms with Crippen molar-refractivity contribution in [2.45, 2.75) is 23.5 Å². The van der Waals surface area contributed by atoms with Gasteiger partial charge in [-0.05, 0) is 50.2 Å². The largest absolute Gasteiger partial charge is 0.384 e. The Labute approximate surface area is 145 Å². The number of halogens is 3. The maximum Gasteiger partial charge on any atom is 0.288 e. The Morgan fingerprint density at radius 2 is 1.96 bits per heavy atom. The van der Waals surface area contributed by atoms with Crippen LogP contribution in [0.15, 0.2) is 29.2 Å². The van der Waals surface area contributed by atoms with Crippen molar-refractivity contribution in [1.82, 2.24) is 5.32 Å². The van der Waals surface area contributed by atoms with Crippen molar-refractivity contribution in [3.05, 3.63) is 24.3 Å². The molecule has 0 radical (unpaired) electrons. The Bertz CT molecular complexity index is 491. The van der Waals surface area contributed by atoms with Gasteiger partial charge in [-0.3, -0.25) is 4.79 Å². The molecule has 2 rings (SSSR count). The van der Waals surface area contributed by atoms with Crippen molar-refractivity contribution in [1.29, 1.82) is 0 Å². The van der Waals surface area contributed by atoms with Crippen LogP contribution in [0.5, 0.6) is 0 Å². The minimum absolute atomic E-state index is 0. The molecule has 0 unspecified atom stereocenters. The molecular weight excluding hydrogens is 346 g/mol. The van der Waals surface area contributed by atoms with Crippen molar-refractivity contribution in [3.8, 4) is 0 Å². The topological polar surface area (TPSA) is 50.4 Å². The zero-order valence-corrected chi connectivity index (χ0v) is 14.4. The highest BCUT2D eigenvalue weighted by Crippen LogP contribution is 2.31. The summed E-state index contributed by atoms with van der Waals surface area (Å²) in [6.07, 6.45) is 1.43. The van der Waals surface area contributed by atoms with Gasteiger partial charge in [0.05, 0.1) is 12.0 Å². The molecule has 0 aliphatic carbocycles. The Morgan fingerprint density at radius 1 is 1.35 bits per heavy atom. The van der Waals surface area contributed by atoms with Crippen LogP contribution in [0.1, 0.15) is 12.8 Å². The van der Waals surface area contributed by atoms with E-state index in [1.807, 2.05) is 0 Å². The maximum atomic E-state index is 12.6. The summed E-state index contributed by atoms with van der Waals surface area (Å²) in [5.41, 5.74) is 0.0776. The molecule has 1 aromatic rings. The molecule has 1 amide bonds. The highest BCUT2D eigenvalue weighted by Gasteiger charge is 2.39. The van der Waals surface area contributed by atoms with E-state index in [1.165, 1.54) is 0 Å². The van der Waals surface area contributed by atoms with Crippen molar-refractivity contribution >= 4 is 35.8 Å². The first-order chi connectivity index (χ1) is 10.6. The molecule has 1 saturated heterocycles. The molecule has 4 nitrogen and oxygen atoms in total. The molecule has 0 saturated carbocycles. The van der Waals surface area contributed by atoms with Crippen molar-refractivity contribution in [2.24, 2.45) is 5.41 Å². The number of alkyl halides is 2. The predicted molar refractivity (Wildman–Crippen MR) is 90.6 cm³/mol. The van der Waals surface area contributed by atoms with E-state index in [1.54, 1.807) is 31.4 Å². The van der Waals surface area contributed by atoms with Gasteiger partial charge in [-0.2, -0.15) is 8.78 Å². The summed E-state index contributed by atoms with van der Waals surface area (Å²) in [5.74, 6) is -2.52. The average molecular weight is 367 g/mol. The number of anilines is 1. The zero-order valence-electron chi connectivity index (χ0n) is 12.8. The molecule has 1 aromatic carbocycles. The summed E-state index contributed by atoms with van der Waals surface area (Å²) < 4.78 is 29.8. The number of piperidine rings is 1. The lowest BCUT2D eigenvalue weighted by molar-refractivity contribution is -0.130. The third-order valence-corrected chi connectivity index (χ3v) is 4.52. The van der Waals surface area contributed by atoms with E-state index in [4.69, 9.17) is 4.74 Å². The normalized spacial score (nSPS) is 16.7. The number of hydrogen-bond donors (Lipinski definition) is 2. The molecule has 8 heteroatoms. The van der Waals surface area contributed by atoms with Crippen LogP contribution in [-0.2, 0) is 9.53 Å². The lowest BCUT2D eigenvalue weighted by atomic mass is 9.78. The number of carbonyl (C=O) groups is 1. The van der Waals surface area contributed by atoms with Gasteiger partial charge in [0, 0.05) is 17.7 Å². The summed E-state index contributed by atoms with van der Waals surface area (Å²) in [6, 6.07) is 6.45.